The van der Waals surface area contributed by atoms with Crippen molar-refractivity contribution in [2.45, 2.75) is 38.0 Å². The van der Waals surface area contributed by atoms with E-state index >= 15 is 0 Å². The van der Waals surface area contributed by atoms with E-state index in [-0.39, 0.29) is 5.92 Å². The second kappa shape index (κ2) is 4.80. The summed E-state index contributed by atoms with van der Waals surface area (Å²) in [5.74, 6) is 0.514. The van der Waals surface area contributed by atoms with Crippen molar-refractivity contribution in [1.82, 2.24) is 0 Å². The van der Waals surface area contributed by atoms with Crippen molar-refractivity contribution in [3.63, 3.8) is 0 Å². The Labute approximate surface area is 95.4 Å². The molecule has 0 amide bonds. The van der Waals surface area contributed by atoms with Gasteiger partial charge in [0.15, 0.2) is 0 Å². The van der Waals surface area contributed by atoms with Crippen molar-refractivity contribution in [1.29, 1.82) is 0 Å². The highest BCUT2D eigenvalue weighted by atomic mass is 35.5. The van der Waals surface area contributed by atoms with Gasteiger partial charge in [0.2, 0.25) is 0 Å². The smallest absolute Gasteiger partial charge is 0.140 e. The highest BCUT2D eigenvalue weighted by Crippen LogP contribution is 2.29. The third-order valence-electron chi connectivity index (χ3n) is 3.08. The molecular weight excluding hydrogens is 208 g/mol. The number of Topliss-reactive ketones (excluding diaryl/α,β-unsaturated/α-hetero) is 1. The molecule has 1 saturated carbocycles. The van der Waals surface area contributed by atoms with Gasteiger partial charge in [-0.15, -0.1) is 0 Å². The SMILES string of the molecule is O=C1CCCCC[C@@H]1c1ccc(Cl)cc1. The van der Waals surface area contributed by atoms with Crippen LogP contribution in [0.4, 0.5) is 0 Å². The standard InChI is InChI=1S/C13H15ClO/c14-11-8-6-10(7-9-11)12-4-2-1-3-5-13(12)15/h6-9,12H,1-5H2/t12-/m1/s1. The number of carbonyl (C=O) groups excluding carboxylic acids is 1. The Morgan fingerprint density at radius 1 is 1.07 bits per heavy atom. The molecule has 1 atom stereocenters. The molecule has 1 aromatic carbocycles. The van der Waals surface area contributed by atoms with Crippen LogP contribution in [0.3, 0.4) is 0 Å². The van der Waals surface area contributed by atoms with E-state index in [1.54, 1.807) is 0 Å². The summed E-state index contributed by atoms with van der Waals surface area (Å²) in [6, 6.07) is 7.70. The highest BCUT2D eigenvalue weighted by Gasteiger charge is 2.21. The van der Waals surface area contributed by atoms with Crippen molar-refractivity contribution in [2.24, 2.45) is 0 Å². The number of hydrogen-bond acceptors (Lipinski definition) is 1. The van der Waals surface area contributed by atoms with Crippen LogP contribution in [0.25, 0.3) is 0 Å². The molecule has 1 fully saturated rings. The van der Waals surface area contributed by atoms with E-state index < -0.39 is 0 Å². The average molecular weight is 223 g/mol. The number of halogens is 1. The maximum absolute atomic E-state index is 11.9. The van der Waals surface area contributed by atoms with Crippen LogP contribution in [0.5, 0.6) is 0 Å². The minimum absolute atomic E-state index is 0.116. The van der Waals surface area contributed by atoms with E-state index in [0.717, 1.165) is 29.8 Å². The molecule has 2 heteroatoms. The van der Waals surface area contributed by atoms with Gasteiger partial charge in [-0.1, -0.05) is 36.6 Å². The molecular formula is C13H15ClO. The number of rotatable bonds is 1. The molecule has 0 heterocycles. The third-order valence-corrected chi connectivity index (χ3v) is 3.33. The maximum Gasteiger partial charge on any atom is 0.140 e. The normalized spacial score (nSPS) is 22.5. The van der Waals surface area contributed by atoms with Gasteiger partial charge in [-0.2, -0.15) is 0 Å². The van der Waals surface area contributed by atoms with E-state index in [0.29, 0.717) is 5.78 Å². The van der Waals surface area contributed by atoms with Gasteiger partial charge in [0.1, 0.15) is 5.78 Å². The Balaban J connectivity index is 2.20. The lowest BCUT2D eigenvalue weighted by atomic mass is 9.91. The van der Waals surface area contributed by atoms with Gasteiger partial charge in [0.25, 0.3) is 0 Å². The molecule has 0 radical (unpaired) electrons. The van der Waals surface area contributed by atoms with E-state index in [1.807, 2.05) is 24.3 Å². The summed E-state index contributed by atoms with van der Waals surface area (Å²) in [6.45, 7) is 0. The summed E-state index contributed by atoms with van der Waals surface area (Å²) in [4.78, 5) is 11.9. The Morgan fingerprint density at radius 3 is 2.53 bits per heavy atom. The molecule has 1 aliphatic rings. The summed E-state index contributed by atoms with van der Waals surface area (Å²) in [5.41, 5.74) is 1.13. The summed E-state index contributed by atoms with van der Waals surface area (Å²) in [7, 11) is 0. The Morgan fingerprint density at radius 2 is 1.80 bits per heavy atom. The summed E-state index contributed by atoms with van der Waals surface area (Å²) in [6.07, 6.45) is 5.16. The molecule has 1 aliphatic carbocycles. The molecule has 0 spiro atoms. The summed E-state index contributed by atoms with van der Waals surface area (Å²) >= 11 is 5.83. The van der Waals surface area contributed by atoms with E-state index in [4.69, 9.17) is 11.6 Å². The Hall–Kier alpha value is -0.820. The molecule has 1 nitrogen and oxygen atoms in total. The molecule has 0 bridgehead atoms. The zero-order valence-corrected chi connectivity index (χ0v) is 9.46. The van der Waals surface area contributed by atoms with Crippen LogP contribution in [0.1, 0.15) is 43.6 Å². The average Bonchev–Trinajstić information content (AvgIpc) is 2.44. The fraction of sp³-hybridized carbons (Fsp3) is 0.462. The maximum atomic E-state index is 11.9. The van der Waals surface area contributed by atoms with Gasteiger partial charge >= 0.3 is 0 Å². The van der Waals surface area contributed by atoms with Gasteiger partial charge in [0.05, 0.1) is 0 Å². The quantitative estimate of drug-likeness (QED) is 0.658. The first-order valence-electron chi connectivity index (χ1n) is 5.55. The van der Waals surface area contributed by atoms with E-state index in [1.165, 1.54) is 12.8 Å². The second-order valence-corrected chi connectivity index (χ2v) is 4.61. The van der Waals surface area contributed by atoms with Crippen LogP contribution in [-0.2, 0) is 4.79 Å². The predicted octanol–water partition coefficient (Wildman–Crippen LogP) is 3.96. The second-order valence-electron chi connectivity index (χ2n) is 4.17. The lowest BCUT2D eigenvalue weighted by Gasteiger charge is -2.12. The molecule has 0 aliphatic heterocycles. The van der Waals surface area contributed by atoms with E-state index in [9.17, 15) is 4.79 Å². The number of carbonyl (C=O) groups is 1. The van der Waals surface area contributed by atoms with Gasteiger partial charge in [0, 0.05) is 17.4 Å². The molecule has 15 heavy (non-hydrogen) atoms. The van der Waals surface area contributed by atoms with Crippen molar-refractivity contribution < 1.29 is 4.79 Å². The Kier molecular flexibility index (Phi) is 3.42. The molecule has 2 rings (SSSR count). The Bertz CT molecular complexity index is 342. The van der Waals surface area contributed by atoms with Gasteiger partial charge < -0.3 is 0 Å². The monoisotopic (exact) mass is 222 g/mol. The van der Waals surface area contributed by atoms with Crippen LogP contribution in [-0.4, -0.2) is 5.78 Å². The summed E-state index contributed by atoms with van der Waals surface area (Å²) < 4.78 is 0. The first-order valence-corrected chi connectivity index (χ1v) is 5.93. The van der Waals surface area contributed by atoms with Crippen molar-refractivity contribution in [3.05, 3.63) is 34.9 Å². The predicted molar refractivity (Wildman–Crippen MR) is 62.3 cm³/mol. The summed E-state index contributed by atoms with van der Waals surface area (Å²) in [5, 5.41) is 0.736. The molecule has 80 valence electrons. The zero-order chi connectivity index (χ0) is 10.7. The first kappa shape index (κ1) is 10.7. The number of hydrogen-bond donors (Lipinski definition) is 0. The fourth-order valence-electron chi connectivity index (χ4n) is 2.21. The van der Waals surface area contributed by atoms with Crippen LogP contribution in [0, 0.1) is 0 Å². The van der Waals surface area contributed by atoms with E-state index in [2.05, 4.69) is 0 Å². The molecule has 0 saturated heterocycles. The highest BCUT2D eigenvalue weighted by molar-refractivity contribution is 6.30. The van der Waals surface area contributed by atoms with Crippen LogP contribution in [0.2, 0.25) is 5.02 Å². The van der Waals surface area contributed by atoms with Crippen molar-refractivity contribution in [2.75, 3.05) is 0 Å². The van der Waals surface area contributed by atoms with Gasteiger partial charge in [-0.25, -0.2) is 0 Å². The van der Waals surface area contributed by atoms with Gasteiger partial charge in [-0.3, -0.25) is 4.79 Å². The zero-order valence-electron chi connectivity index (χ0n) is 8.71. The fourth-order valence-corrected chi connectivity index (χ4v) is 2.33. The van der Waals surface area contributed by atoms with Crippen LogP contribution < -0.4 is 0 Å². The topological polar surface area (TPSA) is 17.1 Å². The number of benzene rings is 1. The largest absolute Gasteiger partial charge is 0.299 e. The number of ketones is 1. The lowest BCUT2D eigenvalue weighted by Crippen LogP contribution is -2.10. The molecule has 0 N–H and O–H groups in total. The third kappa shape index (κ3) is 2.60. The molecule has 1 aromatic rings. The first-order chi connectivity index (χ1) is 7.27. The molecule has 0 unspecified atom stereocenters. The lowest BCUT2D eigenvalue weighted by molar-refractivity contribution is -0.120. The van der Waals surface area contributed by atoms with Crippen LogP contribution in [0.15, 0.2) is 24.3 Å². The van der Waals surface area contributed by atoms with Crippen molar-refractivity contribution in [3.8, 4) is 0 Å². The molecule has 0 aromatic heterocycles. The minimum atomic E-state index is 0.116. The van der Waals surface area contributed by atoms with Gasteiger partial charge in [-0.05, 0) is 30.5 Å². The van der Waals surface area contributed by atoms with Crippen molar-refractivity contribution >= 4 is 17.4 Å². The minimum Gasteiger partial charge on any atom is -0.299 e. The van der Waals surface area contributed by atoms with Crippen LogP contribution >= 0.6 is 11.6 Å².